The van der Waals surface area contributed by atoms with Crippen molar-refractivity contribution in [3.8, 4) is 0 Å². The zero-order chi connectivity index (χ0) is 9.69. The van der Waals surface area contributed by atoms with Gasteiger partial charge in [-0.25, -0.2) is 0 Å². The van der Waals surface area contributed by atoms with E-state index in [4.69, 9.17) is 0 Å². The van der Waals surface area contributed by atoms with Crippen LogP contribution in [-0.4, -0.2) is 51.3 Å². The molecule has 0 aliphatic carbocycles. The third-order valence-corrected chi connectivity index (χ3v) is 9.70. The van der Waals surface area contributed by atoms with Crippen LogP contribution in [0.3, 0.4) is 0 Å². The van der Waals surface area contributed by atoms with Crippen molar-refractivity contribution in [1.82, 2.24) is 0 Å². The van der Waals surface area contributed by atoms with Gasteiger partial charge < -0.3 is 0 Å². The first-order valence-corrected chi connectivity index (χ1v) is 11.6. The Balaban J connectivity index is 2.10. The van der Waals surface area contributed by atoms with Crippen LogP contribution in [0.5, 0.6) is 0 Å². The monoisotopic (exact) mass is 218 g/mol. The maximum atomic E-state index is 2.59. The van der Waals surface area contributed by atoms with Gasteiger partial charge in [-0.05, 0) is 6.42 Å². The van der Waals surface area contributed by atoms with Crippen LogP contribution in [0.15, 0.2) is 0 Å². The molecule has 13 heavy (non-hydrogen) atoms. The molecule has 0 saturated carbocycles. The van der Waals surface area contributed by atoms with E-state index in [1.165, 1.54) is 0 Å². The van der Waals surface area contributed by atoms with Crippen molar-refractivity contribution in [3.05, 3.63) is 0 Å². The van der Waals surface area contributed by atoms with Crippen molar-refractivity contribution in [1.29, 1.82) is 0 Å². The van der Waals surface area contributed by atoms with E-state index in [-0.39, 0.29) is 0 Å². The summed E-state index contributed by atoms with van der Waals surface area (Å²) in [7, 11) is -0.905. The lowest BCUT2D eigenvalue weighted by Gasteiger charge is -2.42. The van der Waals surface area contributed by atoms with Crippen LogP contribution in [0.25, 0.3) is 0 Å². The highest BCUT2D eigenvalue weighted by Gasteiger charge is 2.49. The van der Waals surface area contributed by atoms with Crippen LogP contribution < -0.4 is 0 Å². The molecule has 2 heteroatoms. The fourth-order valence-corrected chi connectivity index (χ4v) is 11.2. The highest BCUT2D eigenvalue weighted by atomic mass is 31.2. The molecule has 0 N–H and O–H groups in total. The topological polar surface area (TPSA) is 0 Å². The Kier molecular flexibility index (Phi) is 2.54. The van der Waals surface area contributed by atoms with Crippen LogP contribution in [0.2, 0.25) is 0 Å². The number of fused-ring (bicyclic) bond motifs is 2. The van der Waals surface area contributed by atoms with E-state index in [0.29, 0.717) is 0 Å². The van der Waals surface area contributed by atoms with Gasteiger partial charge in [-0.1, -0.05) is 0 Å². The predicted molar refractivity (Wildman–Crippen MR) is 68.6 cm³/mol. The van der Waals surface area contributed by atoms with Crippen LogP contribution >= 0.6 is 14.5 Å². The molecule has 2 aliphatic heterocycles. The van der Waals surface area contributed by atoms with Crippen molar-refractivity contribution in [2.24, 2.45) is 11.8 Å². The highest BCUT2D eigenvalue weighted by molar-refractivity contribution is 7.76. The van der Waals surface area contributed by atoms with Crippen molar-refractivity contribution >= 4 is 14.5 Å². The summed E-state index contributed by atoms with van der Waals surface area (Å²) >= 11 is 0. The first-order valence-electron chi connectivity index (χ1n) is 5.50. The molecule has 2 aliphatic rings. The van der Waals surface area contributed by atoms with Gasteiger partial charge in [0.2, 0.25) is 0 Å². The number of rotatable bonds is 0. The van der Waals surface area contributed by atoms with Crippen LogP contribution in [0.1, 0.15) is 6.42 Å². The lowest BCUT2D eigenvalue weighted by Crippen LogP contribution is -2.36. The van der Waals surface area contributed by atoms with Crippen LogP contribution in [-0.2, 0) is 0 Å². The van der Waals surface area contributed by atoms with E-state index in [2.05, 4.69) is 26.7 Å². The standard InChI is InChI=1S/C11H24P2/c1-12(2)6-10-5-11(7-12)9-13(3,4)8-10/h10-11H,5-9H2,1-4H3/q+2. The molecule has 2 fully saturated rings. The molecule has 2 heterocycles. The van der Waals surface area contributed by atoms with E-state index in [0.717, 1.165) is 11.8 Å². The van der Waals surface area contributed by atoms with Crippen LogP contribution in [0, 0.1) is 11.8 Å². The Labute approximate surface area is 84.5 Å². The van der Waals surface area contributed by atoms with Gasteiger partial charge in [0, 0.05) is 53.0 Å². The zero-order valence-corrected chi connectivity index (χ0v) is 11.4. The smallest absolute Gasteiger partial charge is 0.0337 e. The summed E-state index contributed by atoms with van der Waals surface area (Å²) in [5.74, 6) is 2.28. The molecular formula is C11H24P2+2. The summed E-state index contributed by atoms with van der Waals surface area (Å²) in [6.45, 7) is 10.3. The van der Waals surface area contributed by atoms with Gasteiger partial charge in [0.15, 0.2) is 0 Å². The molecular weight excluding hydrogens is 194 g/mol. The average molecular weight is 218 g/mol. The van der Waals surface area contributed by atoms with E-state index in [9.17, 15) is 0 Å². The Hall–Kier alpha value is 0.860. The molecule has 0 amide bonds. The van der Waals surface area contributed by atoms with Crippen LogP contribution in [0.4, 0.5) is 0 Å². The van der Waals surface area contributed by atoms with E-state index >= 15 is 0 Å². The molecule has 76 valence electrons. The Morgan fingerprint density at radius 1 is 0.692 bits per heavy atom. The van der Waals surface area contributed by atoms with Gasteiger partial charge in [0.05, 0.1) is 24.6 Å². The maximum Gasteiger partial charge on any atom is 0.0652 e. The molecule has 0 aromatic rings. The van der Waals surface area contributed by atoms with Crippen molar-refractivity contribution in [2.75, 3.05) is 51.3 Å². The zero-order valence-electron chi connectivity index (χ0n) is 9.58. The molecule has 2 rings (SSSR count). The summed E-state index contributed by atoms with van der Waals surface area (Å²) < 4.78 is 0. The quantitative estimate of drug-likeness (QED) is 0.548. The lowest BCUT2D eigenvalue weighted by molar-refractivity contribution is 0.442. The van der Waals surface area contributed by atoms with Gasteiger partial charge >= 0.3 is 0 Å². The van der Waals surface area contributed by atoms with Gasteiger partial charge in [-0.3, -0.25) is 0 Å². The Morgan fingerprint density at radius 3 is 1.31 bits per heavy atom. The summed E-state index contributed by atoms with van der Waals surface area (Å²) in [6, 6.07) is 0. The minimum Gasteiger partial charge on any atom is -0.0337 e. The highest BCUT2D eigenvalue weighted by Crippen LogP contribution is 2.68. The second-order valence-electron chi connectivity index (χ2n) is 6.57. The third-order valence-electron chi connectivity index (χ3n) is 3.68. The molecule has 0 aromatic heterocycles. The second-order valence-corrected chi connectivity index (χ2v) is 15.8. The molecule has 0 unspecified atom stereocenters. The Morgan fingerprint density at radius 2 is 1.00 bits per heavy atom. The molecule has 0 spiro atoms. The fourth-order valence-electron chi connectivity index (χ4n) is 3.83. The minimum atomic E-state index is -0.453. The maximum absolute atomic E-state index is 2.59. The molecule has 2 saturated heterocycles. The lowest BCUT2D eigenvalue weighted by atomic mass is 9.99. The largest absolute Gasteiger partial charge is 0.0652 e. The van der Waals surface area contributed by atoms with Gasteiger partial charge in [-0.15, -0.1) is 0 Å². The molecule has 0 aromatic carbocycles. The third kappa shape index (κ3) is 2.45. The molecule has 2 bridgehead atoms. The fraction of sp³-hybridized carbons (Fsp3) is 1.00. The van der Waals surface area contributed by atoms with E-state index in [1.807, 2.05) is 0 Å². The second kappa shape index (κ2) is 3.18. The van der Waals surface area contributed by atoms with Crippen molar-refractivity contribution in [2.45, 2.75) is 6.42 Å². The first-order chi connectivity index (χ1) is 5.86. The summed E-state index contributed by atoms with van der Waals surface area (Å²) in [4.78, 5) is 0. The van der Waals surface area contributed by atoms with E-state index in [1.54, 1.807) is 31.1 Å². The predicted octanol–water partition coefficient (Wildman–Crippen LogP) is 3.19. The normalized spacial score (nSPS) is 41.5. The van der Waals surface area contributed by atoms with E-state index < -0.39 is 14.5 Å². The minimum absolute atomic E-state index is 0.453. The molecule has 0 radical (unpaired) electrons. The SMILES string of the molecule is C[P+]1(C)CC2CC(C1)C[P+](C)(C)C2. The summed E-state index contributed by atoms with van der Waals surface area (Å²) in [6.07, 6.45) is 8.06. The van der Waals surface area contributed by atoms with Crippen molar-refractivity contribution < 1.29 is 0 Å². The number of hydrogen-bond donors (Lipinski definition) is 0. The number of hydrogen-bond acceptors (Lipinski definition) is 0. The first kappa shape index (κ1) is 10.4. The van der Waals surface area contributed by atoms with Gasteiger partial charge in [0.1, 0.15) is 0 Å². The van der Waals surface area contributed by atoms with Crippen molar-refractivity contribution in [3.63, 3.8) is 0 Å². The summed E-state index contributed by atoms with van der Waals surface area (Å²) in [5, 5.41) is 0. The summed E-state index contributed by atoms with van der Waals surface area (Å²) in [5.41, 5.74) is 0. The Bertz CT molecular complexity index is 170. The molecule has 0 nitrogen and oxygen atoms in total. The van der Waals surface area contributed by atoms with Gasteiger partial charge in [-0.2, -0.15) is 0 Å². The molecule has 0 atom stereocenters. The average Bonchev–Trinajstić information content (AvgIpc) is 1.75. The van der Waals surface area contributed by atoms with Gasteiger partial charge in [0.25, 0.3) is 0 Å².